The summed E-state index contributed by atoms with van der Waals surface area (Å²) in [6.45, 7) is 14.7. The number of hydrogen-bond donors (Lipinski definition) is 0. The van der Waals surface area contributed by atoms with Crippen molar-refractivity contribution in [3.63, 3.8) is 0 Å². The van der Waals surface area contributed by atoms with Crippen molar-refractivity contribution in [1.82, 2.24) is 0 Å². The van der Waals surface area contributed by atoms with Crippen molar-refractivity contribution >= 4 is 5.78 Å². The monoisotopic (exact) mass is 396 g/mol. The normalized spacial score (nSPS) is 44.2. The Morgan fingerprint density at radius 1 is 0.966 bits per heavy atom. The number of carbonyl (C=O) groups is 1. The SMILES string of the molecule is CC(C)C(C)C=CC(C)[C@H]1CC[C@H]2C3=CCC4CC(=O)CC[C@]4(C)[C@H]3CC[C@]12C. The average molecular weight is 397 g/mol. The van der Waals surface area contributed by atoms with E-state index in [1.165, 1.54) is 25.7 Å². The summed E-state index contributed by atoms with van der Waals surface area (Å²) in [6.07, 6.45) is 17.2. The first-order valence-corrected chi connectivity index (χ1v) is 12.6. The van der Waals surface area contributed by atoms with Gasteiger partial charge in [0, 0.05) is 12.8 Å². The van der Waals surface area contributed by atoms with Crippen molar-refractivity contribution in [1.29, 1.82) is 0 Å². The molecule has 3 unspecified atom stereocenters. The van der Waals surface area contributed by atoms with E-state index in [0.717, 1.165) is 49.4 Å². The highest BCUT2D eigenvalue weighted by Crippen LogP contribution is 2.66. The second kappa shape index (κ2) is 7.69. The highest BCUT2D eigenvalue weighted by molar-refractivity contribution is 5.79. The second-order valence-electron chi connectivity index (χ2n) is 12.1. The molecule has 162 valence electrons. The highest BCUT2D eigenvalue weighted by atomic mass is 16.1. The van der Waals surface area contributed by atoms with Crippen molar-refractivity contribution < 1.29 is 4.79 Å². The molecule has 29 heavy (non-hydrogen) atoms. The van der Waals surface area contributed by atoms with E-state index < -0.39 is 0 Å². The zero-order valence-electron chi connectivity index (χ0n) is 19.8. The Labute approximate surface area is 179 Å². The smallest absolute Gasteiger partial charge is 0.133 e. The van der Waals surface area contributed by atoms with E-state index in [4.69, 9.17) is 0 Å². The quantitative estimate of drug-likeness (QED) is 0.447. The van der Waals surface area contributed by atoms with Crippen LogP contribution in [0.3, 0.4) is 0 Å². The average Bonchev–Trinajstić information content (AvgIpc) is 3.03. The summed E-state index contributed by atoms with van der Waals surface area (Å²) in [7, 11) is 0. The minimum Gasteiger partial charge on any atom is -0.300 e. The maximum atomic E-state index is 12.1. The van der Waals surface area contributed by atoms with E-state index in [1.807, 2.05) is 5.57 Å². The van der Waals surface area contributed by atoms with E-state index in [1.54, 1.807) is 0 Å². The molecule has 0 aromatic rings. The Balaban J connectivity index is 1.55. The van der Waals surface area contributed by atoms with Crippen LogP contribution in [0.5, 0.6) is 0 Å². The van der Waals surface area contributed by atoms with Crippen LogP contribution in [0.2, 0.25) is 0 Å². The first-order valence-electron chi connectivity index (χ1n) is 12.6. The standard InChI is InChI=1S/C28H44O/c1-18(2)19(3)7-8-20(4)24-11-12-25-23-10-9-21-17-22(29)13-15-27(21,5)26(23)14-16-28(24,25)6/h7-8,10,18-21,24-26H,9,11-17H2,1-6H3/t19?,20?,21?,24-,25+,26+,27+,28-/m1/s1. The fourth-order valence-corrected chi connectivity index (χ4v) is 7.91. The minimum atomic E-state index is 0.385. The molecule has 1 heteroatoms. The molecule has 0 radical (unpaired) electrons. The maximum Gasteiger partial charge on any atom is 0.133 e. The van der Waals surface area contributed by atoms with Gasteiger partial charge in [0.05, 0.1) is 0 Å². The van der Waals surface area contributed by atoms with Gasteiger partial charge in [-0.1, -0.05) is 65.3 Å². The predicted octanol–water partition coefficient (Wildman–Crippen LogP) is 7.62. The van der Waals surface area contributed by atoms with Crippen LogP contribution in [0.25, 0.3) is 0 Å². The van der Waals surface area contributed by atoms with Gasteiger partial charge in [0.25, 0.3) is 0 Å². The molecule has 4 rings (SSSR count). The molecule has 0 aromatic carbocycles. The minimum absolute atomic E-state index is 0.385. The lowest BCUT2D eigenvalue weighted by molar-refractivity contribution is -0.127. The number of Topliss-reactive ketones (excluding diaryl/α,β-unsaturated/α-hetero) is 1. The Morgan fingerprint density at radius 3 is 2.41 bits per heavy atom. The molecule has 0 aromatic heterocycles. The molecule has 0 bridgehead atoms. The van der Waals surface area contributed by atoms with Gasteiger partial charge in [0.15, 0.2) is 0 Å². The van der Waals surface area contributed by atoms with Crippen molar-refractivity contribution in [2.75, 3.05) is 0 Å². The number of carbonyl (C=O) groups excluding carboxylic acids is 1. The van der Waals surface area contributed by atoms with Crippen LogP contribution in [0.4, 0.5) is 0 Å². The van der Waals surface area contributed by atoms with Crippen LogP contribution in [0, 0.1) is 52.3 Å². The number of fused-ring (bicyclic) bond motifs is 5. The third kappa shape index (κ3) is 3.49. The molecule has 0 saturated heterocycles. The molecule has 4 aliphatic rings. The Kier molecular flexibility index (Phi) is 5.67. The van der Waals surface area contributed by atoms with Crippen molar-refractivity contribution in [2.24, 2.45) is 52.3 Å². The Bertz CT molecular complexity index is 699. The van der Waals surface area contributed by atoms with Gasteiger partial charge in [0.2, 0.25) is 0 Å². The number of allylic oxidation sites excluding steroid dienone is 4. The van der Waals surface area contributed by atoms with Gasteiger partial charge in [-0.3, -0.25) is 4.79 Å². The molecule has 0 N–H and O–H groups in total. The van der Waals surface area contributed by atoms with Crippen LogP contribution in [-0.2, 0) is 4.79 Å². The third-order valence-electron chi connectivity index (χ3n) is 10.4. The molecule has 3 saturated carbocycles. The van der Waals surface area contributed by atoms with Gasteiger partial charge >= 0.3 is 0 Å². The zero-order chi connectivity index (χ0) is 21.0. The van der Waals surface area contributed by atoms with Crippen molar-refractivity contribution in [3.8, 4) is 0 Å². The Morgan fingerprint density at radius 2 is 1.69 bits per heavy atom. The van der Waals surface area contributed by atoms with Gasteiger partial charge in [0.1, 0.15) is 5.78 Å². The first-order chi connectivity index (χ1) is 13.7. The van der Waals surface area contributed by atoms with Crippen LogP contribution in [0.15, 0.2) is 23.8 Å². The molecule has 0 heterocycles. The molecule has 1 nitrogen and oxygen atoms in total. The molecule has 0 aliphatic heterocycles. The summed E-state index contributed by atoms with van der Waals surface area (Å²) >= 11 is 0. The van der Waals surface area contributed by atoms with Gasteiger partial charge in [-0.2, -0.15) is 0 Å². The zero-order valence-corrected chi connectivity index (χ0v) is 19.8. The lowest BCUT2D eigenvalue weighted by Crippen LogP contribution is -2.49. The van der Waals surface area contributed by atoms with Crippen LogP contribution >= 0.6 is 0 Å². The molecule has 4 aliphatic carbocycles. The Hall–Kier alpha value is -0.850. The molecule has 3 fully saturated rings. The summed E-state index contributed by atoms with van der Waals surface area (Å²) in [5.41, 5.74) is 2.68. The number of ketones is 1. The van der Waals surface area contributed by atoms with Gasteiger partial charge in [-0.25, -0.2) is 0 Å². The van der Waals surface area contributed by atoms with Crippen molar-refractivity contribution in [3.05, 3.63) is 23.8 Å². The van der Waals surface area contributed by atoms with Gasteiger partial charge in [-0.15, -0.1) is 0 Å². The summed E-state index contributed by atoms with van der Waals surface area (Å²) in [4.78, 5) is 12.1. The van der Waals surface area contributed by atoms with E-state index in [-0.39, 0.29) is 0 Å². The van der Waals surface area contributed by atoms with E-state index in [2.05, 4.69) is 59.8 Å². The fraction of sp³-hybridized carbons (Fsp3) is 0.821. The maximum absolute atomic E-state index is 12.1. The summed E-state index contributed by atoms with van der Waals surface area (Å²) in [5.74, 6) is 5.57. The first kappa shape index (κ1) is 21.4. The second-order valence-corrected chi connectivity index (χ2v) is 12.1. The molecule has 8 atom stereocenters. The predicted molar refractivity (Wildman–Crippen MR) is 123 cm³/mol. The number of hydrogen-bond acceptors (Lipinski definition) is 1. The van der Waals surface area contributed by atoms with Crippen LogP contribution in [0.1, 0.15) is 92.9 Å². The molecular formula is C28H44O. The largest absolute Gasteiger partial charge is 0.300 e. The lowest BCUT2D eigenvalue weighted by atomic mass is 9.48. The summed E-state index contributed by atoms with van der Waals surface area (Å²) in [5, 5.41) is 0. The van der Waals surface area contributed by atoms with Crippen LogP contribution in [-0.4, -0.2) is 5.78 Å². The fourth-order valence-electron chi connectivity index (χ4n) is 7.91. The molecule has 0 amide bonds. The summed E-state index contributed by atoms with van der Waals surface area (Å²) in [6, 6.07) is 0. The van der Waals surface area contributed by atoms with E-state index in [9.17, 15) is 4.79 Å². The molecular weight excluding hydrogens is 352 g/mol. The summed E-state index contributed by atoms with van der Waals surface area (Å²) < 4.78 is 0. The molecule has 0 spiro atoms. The number of rotatable bonds is 4. The lowest BCUT2D eigenvalue weighted by Gasteiger charge is -2.57. The van der Waals surface area contributed by atoms with E-state index >= 15 is 0 Å². The third-order valence-corrected chi connectivity index (χ3v) is 10.4. The van der Waals surface area contributed by atoms with Gasteiger partial charge < -0.3 is 0 Å². The van der Waals surface area contributed by atoms with E-state index in [0.29, 0.717) is 34.4 Å². The van der Waals surface area contributed by atoms with Crippen LogP contribution < -0.4 is 0 Å². The van der Waals surface area contributed by atoms with Crippen molar-refractivity contribution in [2.45, 2.75) is 92.9 Å². The highest BCUT2D eigenvalue weighted by Gasteiger charge is 2.57. The topological polar surface area (TPSA) is 17.1 Å². The van der Waals surface area contributed by atoms with Gasteiger partial charge in [-0.05, 0) is 90.8 Å².